The van der Waals surface area contributed by atoms with Crippen molar-refractivity contribution in [2.24, 2.45) is 0 Å². The monoisotopic (exact) mass is 675 g/mol. The second-order valence-electron chi connectivity index (χ2n) is 10.3. The molecule has 2 aromatic rings. The molecule has 0 aromatic heterocycles. The molecule has 1 aliphatic heterocycles. The maximum atomic E-state index is 13.6. The van der Waals surface area contributed by atoms with Crippen molar-refractivity contribution in [2.45, 2.75) is 71.7 Å². The Morgan fingerprint density at radius 3 is 1.98 bits per heavy atom. The molecular formula is C31H33NO16. The van der Waals surface area contributed by atoms with E-state index in [2.05, 4.69) is 5.32 Å². The van der Waals surface area contributed by atoms with Crippen LogP contribution in [0.15, 0.2) is 36.4 Å². The molecule has 258 valence electrons. The van der Waals surface area contributed by atoms with Crippen molar-refractivity contribution in [1.29, 1.82) is 0 Å². The molecule has 0 saturated carbocycles. The molecule has 17 heteroatoms. The second-order valence-corrected chi connectivity index (χ2v) is 10.3. The minimum absolute atomic E-state index is 0.0138. The molecule has 1 amide bonds. The van der Waals surface area contributed by atoms with Crippen LogP contribution in [0.3, 0.4) is 0 Å². The summed E-state index contributed by atoms with van der Waals surface area (Å²) in [5.74, 6) is -6.79. The Hall–Kier alpha value is -5.71. The number of phenols is 1. The highest BCUT2D eigenvalue weighted by atomic mass is 16.7. The number of phenolic OH excluding ortho intramolecular Hbond substituents is 1. The van der Waals surface area contributed by atoms with Crippen molar-refractivity contribution in [3.63, 3.8) is 0 Å². The predicted octanol–water partition coefficient (Wildman–Crippen LogP) is 1.66. The third kappa shape index (κ3) is 10.4. The van der Waals surface area contributed by atoms with Crippen molar-refractivity contribution in [3.8, 4) is 17.2 Å². The molecule has 0 radical (unpaired) electrons. The number of rotatable bonds is 12. The van der Waals surface area contributed by atoms with Crippen LogP contribution in [0.5, 0.6) is 17.2 Å². The number of esters is 5. The van der Waals surface area contributed by atoms with Gasteiger partial charge in [0.1, 0.15) is 30.0 Å². The number of carbonyl (C=O) groups is 7. The van der Waals surface area contributed by atoms with Crippen LogP contribution in [-0.4, -0.2) is 89.2 Å². The SMILES string of the molecule is CC(=O)OC[C@H]1O[C@@H](Oc2ccc(O)cc2C(=O)Nc2ccc(OC(C)=O)cc2CC(=O)O)[C@H](OC(C)=O)[C@@H](OC(C)=O)[C@@H]1OC(C)=O. The Bertz CT molecular complexity index is 1590. The second kappa shape index (κ2) is 16.2. The molecule has 0 unspecified atom stereocenters. The van der Waals surface area contributed by atoms with Crippen LogP contribution in [0.25, 0.3) is 0 Å². The number of nitrogens with one attached hydrogen (secondary N) is 1. The predicted molar refractivity (Wildman–Crippen MR) is 158 cm³/mol. The Labute approximate surface area is 272 Å². The van der Waals surface area contributed by atoms with E-state index in [1.165, 1.54) is 24.3 Å². The Kier molecular flexibility index (Phi) is 12.4. The number of carbonyl (C=O) groups excluding carboxylic acids is 6. The quantitative estimate of drug-likeness (QED) is 0.165. The fraction of sp³-hybridized carbons (Fsp3) is 0.387. The molecule has 2 aromatic carbocycles. The third-order valence-corrected chi connectivity index (χ3v) is 6.33. The molecule has 3 N–H and O–H groups in total. The number of carboxylic acid groups (broad SMARTS) is 1. The van der Waals surface area contributed by atoms with E-state index >= 15 is 0 Å². The number of aliphatic carboxylic acids is 1. The number of anilines is 1. The molecule has 17 nitrogen and oxygen atoms in total. The van der Waals surface area contributed by atoms with E-state index in [4.69, 9.17) is 33.2 Å². The lowest BCUT2D eigenvalue weighted by molar-refractivity contribution is -0.288. The third-order valence-electron chi connectivity index (χ3n) is 6.33. The van der Waals surface area contributed by atoms with Crippen molar-refractivity contribution in [3.05, 3.63) is 47.5 Å². The highest BCUT2D eigenvalue weighted by molar-refractivity contribution is 6.07. The summed E-state index contributed by atoms with van der Waals surface area (Å²) < 4.78 is 38.0. The maximum absolute atomic E-state index is 13.6. The van der Waals surface area contributed by atoms with E-state index in [1.54, 1.807) is 0 Å². The zero-order valence-corrected chi connectivity index (χ0v) is 26.4. The van der Waals surface area contributed by atoms with Gasteiger partial charge in [0.2, 0.25) is 12.4 Å². The van der Waals surface area contributed by atoms with Crippen LogP contribution in [0.1, 0.15) is 50.5 Å². The summed E-state index contributed by atoms with van der Waals surface area (Å²) in [4.78, 5) is 84.4. The topological polar surface area (TPSA) is 237 Å². The van der Waals surface area contributed by atoms with Crippen molar-refractivity contribution in [2.75, 3.05) is 11.9 Å². The van der Waals surface area contributed by atoms with Gasteiger partial charge in [0.05, 0.1) is 12.0 Å². The zero-order valence-electron chi connectivity index (χ0n) is 26.4. The van der Waals surface area contributed by atoms with Gasteiger partial charge < -0.3 is 48.7 Å². The zero-order chi connectivity index (χ0) is 35.7. The summed E-state index contributed by atoms with van der Waals surface area (Å²) in [5, 5.41) is 22.1. The van der Waals surface area contributed by atoms with Gasteiger partial charge in [0.15, 0.2) is 12.2 Å². The minimum atomic E-state index is -1.70. The fourth-order valence-electron chi connectivity index (χ4n) is 4.63. The average molecular weight is 676 g/mol. The average Bonchev–Trinajstić information content (AvgIpc) is 2.96. The highest BCUT2D eigenvalue weighted by Crippen LogP contribution is 2.34. The molecule has 3 rings (SSSR count). The van der Waals surface area contributed by atoms with Crippen LogP contribution < -0.4 is 14.8 Å². The highest BCUT2D eigenvalue weighted by Gasteiger charge is 2.53. The molecule has 0 bridgehead atoms. The molecule has 1 heterocycles. The summed E-state index contributed by atoms with van der Waals surface area (Å²) in [6, 6.07) is 7.21. The minimum Gasteiger partial charge on any atom is -0.508 e. The normalized spacial score (nSPS) is 20.0. The number of ether oxygens (including phenoxy) is 7. The van der Waals surface area contributed by atoms with E-state index < -0.39 is 85.5 Å². The molecule has 48 heavy (non-hydrogen) atoms. The molecule has 1 aliphatic rings. The number of amides is 1. The molecular weight excluding hydrogens is 642 g/mol. The van der Waals surface area contributed by atoms with E-state index in [0.717, 1.165) is 46.8 Å². The first-order valence-corrected chi connectivity index (χ1v) is 14.2. The van der Waals surface area contributed by atoms with Gasteiger partial charge in [0, 0.05) is 40.3 Å². The summed E-state index contributed by atoms with van der Waals surface area (Å²) >= 11 is 0. The lowest BCUT2D eigenvalue weighted by Gasteiger charge is -2.44. The first-order chi connectivity index (χ1) is 22.5. The Morgan fingerprint density at radius 1 is 0.771 bits per heavy atom. The summed E-state index contributed by atoms with van der Waals surface area (Å²) in [6.07, 6.45) is -8.25. The van der Waals surface area contributed by atoms with E-state index in [1.807, 2.05) is 0 Å². The lowest BCUT2D eigenvalue weighted by atomic mass is 9.98. The Balaban J connectivity index is 2.04. The summed E-state index contributed by atoms with van der Waals surface area (Å²) in [5.41, 5.74) is -0.245. The van der Waals surface area contributed by atoms with Gasteiger partial charge in [-0.2, -0.15) is 0 Å². The Morgan fingerprint density at radius 2 is 1.40 bits per heavy atom. The van der Waals surface area contributed by atoms with Gasteiger partial charge in [-0.3, -0.25) is 33.6 Å². The number of carboxylic acids is 1. The van der Waals surface area contributed by atoms with Crippen molar-refractivity contribution >= 4 is 47.4 Å². The smallest absolute Gasteiger partial charge is 0.308 e. The number of aromatic hydroxyl groups is 1. The van der Waals surface area contributed by atoms with Gasteiger partial charge in [-0.15, -0.1) is 0 Å². The van der Waals surface area contributed by atoms with Crippen LogP contribution in [-0.2, 0) is 58.9 Å². The van der Waals surface area contributed by atoms with E-state index in [0.29, 0.717) is 0 Å². The van der Waals surface area contributed by atoms with Crippen LogP contribution in [0.2, 0.25) is 0 Å². The number of benzene rings is 2. The van der Waals surface area contributed by atoms with Gasteiger partial charge in [-0.25, -0.2) is 0 Å². The summed E-state index contributed by atoms with van der Waals surface area (Å²) in [6.45, 7) is 4.87. The number of hydrogen-bond acceptors (Lipinski definition) is 15. The molecule has 0 aliphatic carbocycles. The summed E-state index contributed by atoms with van der Waals surface area (Å²) in [7, 11) is 0. The van der Waals surface area contributed by atoms with Crippen LogP contribution >= 0.6 is 0 Å². The van der Waals surface area contributed by atoms with Gasteiger partial charge in [-0.05, 0) is 42.0 Å². The van der Waals surface area contributed by atoms with Gasteiger partial charge in [-0.1, -0.05) is 0 Å². The van der Waals surface area contributed by atoms with Crippen molar-refractivity contribution in [1.82, 2.24) is 0 Å². The fourth-order valence-corrected chi connectivity index (χ4v) is 4.63. The lowest BCUT2D eigenvalue weighted by Crippen LogP contribution is -2.63. The molecule has 1 fully saturated rings. The van der Waals surface area contributed by atoms with E-state index in [9.17, 15) is 43.8 Å². The maximum Gasteiger partial charge on any atom is 0.308 e. The standard InChI is InChI=1S/C31H33NO16/c1-14(33)42-13-25-27(44-16(3)35)28(45-17(4)36)29(46-18(5)37)31(48-25)47-24-9-6-20(38)12-22(24)30(41)32-23-8-7-21(43-15(2)34)10-19(23)11-26(39)40/h6-10,12,25,27-29,31,38H,11,13H2,1-5H3,(H,32,41)(H,39,40)/t25-,27-,28+,29-,31-/m1/s1. The first kappa shape index (κ1) is 36.8. The molecule has 0 spiro atoms. The van der Waals surface area contributed by atoms with Crippen LogP contribution in [0, 0.1) is 0 Å². The van der Waals surface area contributed by atoms with Crippen LogP contribution in [0.4, 0.5) is 5.69 Å². The van der Waals surface area contributed by atoms with E-state index in [-0.39, 0.29) is 34.1 Å². The van der Waals surface area contributed by atoms with Gasteiger partial charge >= 0.3 is 35.8 Å². The van der Waals surface area contributed by atoms with Gasteiger partial charge in [0.25, 0.3) is 5.91 Å². The van der Waals surface area contributed by atoms with Crippen molar-refractivity contribution < 1.29 is 76.9 Å². The molecule has 1 saturated heterocycles. The molecule has 5 atom stereocenters. The number of hydrogen-bond donors (Lipinski definition) is 3. The first-order valence-electron chi connectivity index (χ1n) is 14.2. The largest absolute Gasteiger partial charge is 0.508 e.